The summed E-state index contributed by atoms with van der Waals surface area (Å²) in [6.07, 6.45) is 5.87. The van der Waals surface area contributed by atoms with Gasteiger partial charge in [-0.3, -0.25) is 9.36 Å². The number of benzene rings is 3. The predicted molar refractivity (Wildman–Crippen MR) is 160 cm³/mol. The van der Waals surface area contributed by atoms with E-state index in [1.54, 1.807) is 14.2 Å². The number of aromatic nitrogens is 2. The molecule has 40 heavy (non-hydrogen) atoms. The quantitative estimate of drug-likeness (QED) is 0.300. The van der Waals surface area contributed by atoms with E-state index in [0.29, 0.717) is 20.8 Å². The molecule has 1 aliphatic heterocycles. The van der Waals surface area contributed by atoms with Crippen LogP contribution in [0.4, 0.5) is 0 Å². The maximum Gasteiger partial charge on any atom is 0.271 e. The van der Waals surface area contributed by atoms with Crippen molar-refractivity contribution in [2.45, 2.75) is 32.4 Å². The number of allylic oxidation sites excluding steroid dienone is 1. The van der Waals surface area contributed by atoms with E-state index in [1.165, 1.54) is 16.9 Å². The van der Waals surface area contributed by atoms with Crippen LogP contribution in [-0.4, -0.2) is 23.4 Å². The van der Waals surface area contributed by atoms with Crippen molar-refractivity contribution < 1.29 is 9.47 Å². The first-order valence-electron chi connectivity index (χ1n) is 13.5. The number of hydrogen-bond acceptors (Lipinski definition) is 5. The van der Waals surface area contributed by atoms with Crippen LogP contribution >= 0.6 is 11.3 Å². The molecular formula is C33H29N3O3S. The van der Waals surface area contributed by atoms with Gasteiger partial charge in [-0.25, -0.2) is 4.99 Å². The van der Waals surface area contributed by atoms with Crippen molar-refractivity contribution in [3.05, 3.63) is 120 Å². The fraction of sp³-hybridized carbons (Fsp3) is 0.212. The average molecular weight is 548 g/mol. The highest BCUT2D eigenvalue weighted by molar-refractivity contribution is 7.07. The van der Waals surface area contributed by atoms with Crippen LogP contribution in [0.5, 0.6) is 11.5 Å². The van der Waals surface area contributed by atoms with Gasteiger partial charge in [0, 0.05) is 40.3 Å². The van der Waals surface area contributed by atoms with E-state index < -0.39 is 0 Å². The molecule has 7 heteroatoms. The fourth-order valence-corrected chi connectivity index (χ4v) is 7.21. The highest BCUT2D eigenvalue weighted by atomic mass is 32.1. The van der Waals surface area contributed by atoms with Gasteiger partial charge in [0.15, 0.2) is 16.3 Å². The molecule has 0 spiro atoms. The Morgan fingerprint density at radius 3 is 2.65 bits per heavy atom. The molecule has 1 aliphatic carbocycles. The molecule has 3 aromatic carbocycles. The van der Waals surface area contributed by atoms with Gasteiger partial charge in [-0.2, -0.15) is 0 Å². The lowest BCUT2D eigenvalue weighted by molar-refractivity contribution is 0.348. The Balaban J connectivity index is 1.52. The summed E-state index contributed by atoms with van der Waals surface area (Å²) >= 11 is 1.45. The second-order valence-electron chi connectivity index (χ2n) is 10.1. The van der Waals surface area contributed by atoms with Crippen LogP contribution in [0.1, 0.15) is 41.6 Å². The molecule has 0 bridgehead atoms. The van der Waals surface area contributed by atoms with Crippen LogP contribution in [0.3, 0.4) is 0 Å². The smallest absolute Gasteiger partial charge is 0.271 e. The lowest BCUT2D eigenvalue weighted by Gasteiger charge is -2.31. The van der Waals surface area contributed by atoms with E-state index in [0.717, 1.165) is 58.2 Å². The third-order valence-corrected chi connectivity index (χ3v) is 9.03. The van der Waals surface area contributed by atoms with E-state index in [4.69, 9.17) is 14.5 Å². The molecule has 0 radical (unpaired) electrons. The number of nitrogens with zero attached hydrogens (tertiary/aromatic N) is 3. The largest absolute Gasteiger partial charge is 0.493 e. The maximum absolute atomic E-state index is 14.3. The zero-order valence-electron chi connectivity index (χ0n) is 22.7. The van der Waals surface area contributed by atoms with Crippen molar-refractivity contribution in [3.8, 4) is 11.5 Å². The van der Waals surface area contributed by atoms with Crippen molar-refractivity contribution in [2.24, 2.45) is 4.99 Å². The minimum absolute atomic E-state index is 0.0441. The molecule has 0 saturated carbocycles. The summed E-state index contributed by atoms with van der Waals surface area (Å²) in [6.45, 7) is 2.99. The van der Waals surface area contributed by atoms with Gasteiger partial charge >= 0.3 is 0 Å². The van der Waals surface area contributed by atoms with Gasteiger partial charge in [0.2, 0.25) is 0 Å². The number of rotatable bonds is 5. The van der Waals surface area contributed by atoms with Crippen molar-refractivity contribution >= 4 is 34.0 Å². The van der Waals surface area contributed by atoms with E-state index in [9.17, 15) is 4.79 Å². The van der Waals surface area contributed by atoms with Gasteiger partial charge in [0.25, 0.3) is 5.56 Å². The summed E-state index contributed by atoms with van der Waals surface area (Å²) in [5, 5.41) is 1.13. The van der Waals surface area contributed by atoms with Crippen molar-refractivity contribution in [2.75, 3.05) is 14.2 Å². The molecule has 7 rings (SSSR count). The molecule has 200 valence electrons. The summed E-state index contributed by atoms with van der Waals surface area (Å²) in [5.74, 6) is 1.29. The second kappa shape index (κ2) is 9.68. The Hall–Kier alpha value is -4.36. The molecule has 0 amide bonds. The minimum Gasteiger partial charge on any atom is -0.493 e. The zero-order valence-corrected chi connectivity index (χ0v) is 23.5. The number of methoxy groups -OCH3 is 2. The number of ether oxygens (including phenoxy) is 2. The molecule has 0 N–H and O–H groups in total. The van der Waals surface area contributed by atoms with Crippen LogP contribution in [0.15, 0.2) is 88.3 Å². The molecule has 3 heterocycles. The third kappa shape index (κ3) is 3.68. The van der Waals surface area contributed by atoms with E-state index in [-0.39, 0.29) is 11.6 Å². The molecular weight excluding hydrogens is 518 g/mol. The number of thiazole rings is 1. The Morgan fingerprint density at radius 2 is 1.82 bits per heavy atom. The lowest BCUT2D eigenvalue weighted by Crippen LogP contribution is -2.39. The number of para-hydroxylation sites is 2. The van der Waals surface area contributed by atoms with Crippen molar-refractivity contribution in [1.29, 1.82) is 0 Å². The molecule has 2 aromatic heterocycles. The summed E-state index contributed by atoms with van der Waals surface area (Å²) in [6, 6.07) is 22.3. The summed E-state index contributed by atoms with van der Waals surface area (Å²) in [7, 11) is 3.29. The Bertz CT molecular complexity index is 2010. The first-order valence-corrected chi connectivity index (χ1v) is 14.4. The maximum atomic E-state index is 14.3. The van der Waals surface area contributed by atoms with E-state index in [2.05, 4.69) is 60.2 Å². The first kappa shape index (κ1) is 24.7. The van der Waals surface area contributed by atoms with Crippen LogP contribution in [0.2, 0.25) is 0 Å². The molecule has 6 nitrogen and oxygen atoms in total. The van der Waals surface area contributed by atoms with Crippen LogP contribution in [-0.2, 0) is 13.0 Å². The highest BCUT2D eigenvalue weighted by Crippen LogP contribution is 2.45. The van der Waals surface area contributed by atoms with Gasteiger partial charge in [-0.05, 0) is 49.1 Å². The first-order chi connectivity index (χ1) is 19.6. The number of hydrogen-bond donors (Lipinski definition) is 0. The van der Waals surface area contributed by atoms with Gasteiger partial charge in [-0.15, -0.1) is 0 Å². The zero-order chi connectivity index (χ0) is 27.4. The third-order valence-electron chi connectivity index (χ3n) is 8.05. The van der Waals surface area contributed by atoms with Gasteiger partial charge in [0.1, 0.15) is 0 Å². The SMILES string of the molecule is CCn1cc(/C=c2/sc3n(c2=O)C(c2cccc(OC)c2OC)C2=C(N=3)c3ccccc3CC2)c2ccccc21. The van der Waals surface area contributed by atoms with Crippen LogP contribution in [0, 0.1) is 0 Å². The minimum atomic E-state index is -0.344. The normalized spacial score (nSPS) is 16.4. The number of aryl methyl sites for hydroxylation is 2. The highest BCUT2D eigenvalue weighted by Gasteiger charge is 2.34. The summed E-state index contributed by atoms with van der Waals surface area (Å²) in [4.78, 5) is 20.1. The van der Waals surface area contributed by atoms with Crippen LogP contribution < -0.4 is 24.4 Å². The summed E-state index contributed by atoms with van der Waals surface area (Å²) in [5.41, 5.74) is 7.57. The average Bonchev–Trinajstić information content (AvgIpc) is 3.52. The lowest BCUT2D eigenvalue weighted by atomic mass is 9.83. The van der Waals surface area contributed by atoms with Crippen molar-refractivity contribution in [1.82, 2.24) is 9.13 Å². The second-order valence-corrected chi connectivity index (χ2v) is 11.1. The molecule has 0 fully saturated rings. The molecule has 1 atom stereocenters. The van der Waals surface area contributed by atoms with Gasteiger partial charge in [-0.1, -0.05) is 65.9 Å². The van der Waals surface area contributed by atoms with E-state index in [1.807, 2.05) is 34.9 Å². The molecule has 0 saturated heterocycles. The Morgan fingerprint density at radius 1 is 1.00 bits per heavy atom. The molecule has 2 aliphatic rings. The van der Waals surface area contributed by atoms with Gasteiger partial charge in [0.05, 0.1) is 30.5 Å². The topological polar surface area (TPSA) is 57.8 Å². The monoisotopic (exact) mass is 547 g/mol. The Labute approximate surface area is 235 Å². The fourth-order valence-electron chi connectivity index (χ4n) is 6.22. The van der Waals surface area contributed by atoms with E-state index >= 15 is 0 Å². The van der Waals surface area contributed by atoms with Gasteiger partial charge < -0.3 is 14.0 Å². The summed E-state index contributed by atoms with van der Waals surface area (Å²) < 4.78 is 16.3. The number of fused-ring (bicyclic) bond motifs is 4. The van der Waals surface area contributed by atoms with Crippen LogP contribution in [0.25, 0.3) is 22.7 Å². The molecule has 1 unspecified atom stereocenters. The molecule has 5 aromatic rings. The standard InChI is InChI=1S/C33H29N3O3S/c1-4-35-19-21(22-11-7-8-14-26(22)35)18-28-32(37)36-30(25-13-9-15-27(38-2)31(25)39-3)24-17-16-20-10-5-6-12-23(20)29(24)34-33(36)40-28/h5-15,18-19,30H,4,16-17H2,1-3H3/b28-18+. The predicted octanol–water partition coefficient (Wildman–Crippen LogP) is 5.31. The Kier molecular flexibility index (Phi) is 5.97. The van der Waals surface area contributed by atoms with Crippen molar-refractivity contribution in [3.63, 3.8) is 0 Å².